The van der Waals surface area contributed by atoms with Gasteiger partial charge in [0.05, 0.1) is 4.90 Å². The van der Waals surface area contributed by atoms with Crippen LogP contribution in [0.15, 0.2) is 59.5 Å². The second kappa shape index (κ2) is 8.67. The number of rotatable bonds is 6. The molecular formula is C21H26N2O3S. The van der Waals surface area contributed by atoms with Crippen molar-refractivity contribution in [2.45, 2.75) is 43.5 Å². The lowest BCUT2D eigenvalue weighted by Gasteiger charge is -2.30. The maximum Gasteiger partial charge on any atom is 0.241 e. The Morgan fingerprint density at radius 1 is 1.00 bits per heavy atom. The van der Waals surface area contributed by atoms with Crippen LogP contribution in [-0.2, 0) is 21.2 Å². The van der Waals surface area contributed by atoms with E-state index in [1.165, 1.54) is 0 Å². The number of hydrogen-bond donors (Lipinski definition) is 1. The third kappa shape index (κ3) is 5.17. The molecule has 6 heteroatoms. The molecule has 2 aromatic rings. The molecule has 0 unspecified atom stereocenters. The van der Waals surface area contributed by atoms with Crippen molar-refractivity contribution in [2.75, 3.05) is 13.1 Å². The van der Waals surface area contributed by atoms with Crippen LogP contribution >= 0.6 is 0 Å². The maximum atomic E-state index is 13.1. The van der Waals surface area contributed by atoms with Crippen molar-refractivity contribution in [1.82, 2.24) is 9.62 Å². The Hall–Kier alpha value is -2.18. The molecular weight excluding hydrogens is 360 g/mol. The summed E-state index contributed by atoms with van der Waals surface area (Å²) in [7, 11) is -3.78. The van der Waals surface area contributed by atoms with Gasteiger partial charge < -0.3 is 4.90 Å². The van der Waals surface area contributed by atoms with Gasteiger partial charge in [-0.1, -0.05) is 48.0 Å². The monoisotopic (exact) mass is 386 g/mol. The van der Waals surface area contributed by atoms with Crippen LogP contribution < -0.4 is 4.72 Å². The fraction of sp³-hybridized carbons (Fsp3) is 0.381. The van der Waals surface area contributed by atoms with Crippen LogP contribution in [0.4, 0.5) is 0 Å². The summed E-state index contributed by atoms with van der Waals surface area (Å²) in [6.45, 7) is 3.29. The second-order valence-corrected chi connectivity index (χ2v) is 8.78. The van der Waals surface area contributed by atoms with Crippen molar-refractivity contribution in [3.63, 3.8) is 0 Å². The van der Waals surface area contributed by atoms with E-state index in [1.54, 1.807) is 29.2 Å². The van der Waals surface area contributed by atoms with E-state index < -0.39 is 16.1 Å². The standard InChI is InChI=1S/C21H26N2O3S/c1-17-10-12-19(13-11-17)27(25,26)22-20(16-18-8-4-2-5-9-18)21(24)23-14-6-3-7-15-23/h2,4-5,8-13,20,22H,3,6-7,14-16H2,1H3/t20-/m1/s1. The van der Waals surface area contributed by atoms with E-state index in [1.807, 2.05) is 37.3 Å². The number of nitrogens with zero attached hydrogens (tertiary/aromatic N) is 1. The minimum atomic E-state index is -3.78. The summed E-state index contributed by atoms with van der Waals surface area (Å²) in [6, 6.07) is 15.4. The first-order valence-electron chi connectivity index (χ1n) is 9.37. The van der Waals surface area contributed by atoms with Gasteiger partial charge >= 0.3 is 0 Å². The molecule has 0 bridgehead atoms. The van der Waals surface area contributed by atoms with Gasteiger partial charge in [-0.15, -0.1) is 0 Å². The van der Waals surface area contributed by atoms with Crippen LogP contribution in [-0.4, -0.2) is 38.4 Å². The topological polar surface area (TPSA) is 66.5 Å². The number of benzene rings is 2. The van der Waals surface area contributed by atoms with Crippen LogP contribution in [0.1, 0.15) is 30.4 Å². The summed E-state index contributed by atoms with van der Waals surface area (Å²) in [5.74, 6) is -0.144. The number of hydrogen-bond acceptors (Lipinski definition) is 3. The second-order valence-electron chi connectivity index (χ2n) is 7.06. The van der Waals surface area contributed by atoms with E-state index in [2.05, 4.69) is 4.72 Å². The highest BCUT2D eigenvalue weighted by Gasteiger charge is 2.30. The SMILES string of the molecule is Cc1ccc(S(=O)(=O)N[C@H](Cc2ccccc2)C(=O)N2CCCCC2)cc1. The number of nitrogens with one attached hydrogen (secondary N) is 1. The molecule has 2 aromatic carbocycles. The number of carbonyl (C=O) groups excluding carboxylic acids is 1. The largest absolute Gasteiger partial charge is 0.341 e. The smallest absolute Gasteiger partial charge is 0.241 e. The van der Waals surface area contributed by atoms with Crippen molar-refractivity contribution >= 4 is 15.9 Å². The zero-order valence-corrected chi connectivity index (χ0v) is 16.4. The molecule has 3 rings (SSSR count). The Bertz CT molecular complexity index is 858. The van der Waals surface area contributed by atoms with Gasteiger partial charge in [-0.3, -0.25) is 4.79 Å². The highest BCUT2D eigenvalue weighted by atomic mass is 32.2. The summed E-state index contributed by atoms with van der Waals surface area (Å²) in [4.78, 5) is 15.0. The van der Waals surface area contributed by atoms with Crippen molar-refractivity contribution < 1.29 is 13.2 Å². The summed E-state index contributed by atoms with van der Waals surface area (Å²) in [6.07, 6.45) is 3.38. The third-order valence-corrected chi connectivity index (χ3v) is 6.36. The van der Waals surface area contributed by atoms with E-state index in [4.69, 9.17) is 0 Å². The first kappa shape index (κ1) is 19.6. The molecule has 1 amide bonds. The van der Waals surface area contributed by atoms with Gasteiger partial charge in [0.15, 0.2) is 0 Å². The van der Waals surface area contributed by atoms with Crippen molar-refractivity contribution in [3.05, 3.63) is 65.7 Å². The van der Waals surface area contributed by atoms with Gasteiger partial charge in [-0.05, 0) is 50.3 Å². The average Bonchev–Trinajstić information content (AvgIpc) is 2.68. The van der Waals surface area contributed by atoms with Crippen LogP contribution in [0.2, 0.25) is 0 Å². The van der Waals surface area contributed by atoms with Gasteiger partial charge in [0.2, 0.25) is 15.9 Å². The zero-order valence-electron chi connectivity index (χ0n) is 15.6. The number of amides is 1. The summed E-state index contributed by atoms with van der Waals surface area (Å²) in [5, 5.41) is 0. The molecule has 0 saturated carbocycles. The van der Waals surface area contributed by atoms with E-state index in [9.17, 15) is 13.2 Å². The maximum absolute atomic E-state index is 13.1. The van der Waals surface area contributed by atoms with Crippen molar-refractivity contribution in [2.24, 2.45) is 0 Å². The molecule has 144 valence electrons. The predicted octanol–water partition coefficient (Wildman–Crippen LogP) is 2.90. The van der Waals surface area contributed by atoms with Crippen molar-refractivity contribution in [3.8, 4) is 0 Å². The van der Waals surface area contributed by atoms with Gasteiger partial charge in [0, 0.05) is 13.1 Å². The van der Waals surface area contributed by atoms with Gasteiger partial charge in [-0.25, -0.2) is 8.42 Å². The molecule has 1 aliphatic rings. The quantitative estimate of drug-likeness (QED) is 0.830. The molecule has 27 heavy (non-hydrogen) atoms. The molecule has 0 aromatic heterocycles. The number of piperidine rings is 1. The van der Waals surface area contributed by atoms with E-state index in [0.717, 1.165) is 30.4 Å². The van der Waals surface area contributed by atoms with E-state index in [0.29, 0.717) is 19.5 Å². The molecule has 1 fully saturated rings. The highest BCUT2D eigenvalue weighted by Crippen LogP contribution is 2.16. The molecule has 0 spiro atoms. The Morgan fingerprint density at radius 3 is 2.26 bits per heavy atom. The Labute approximate surface area is 161 Å². The Morgan fingerprint density at radius 2 is 1.63 bits per heavy atom. The Kier molecular flexibility index (Phi) is 6.29. The number of aryl methyl sites for hydroxylation is 1. The molecule has 1 atom stereocenters. The molecule has 0 aliphatic carbocycles. The summed E-state index contributed by atoms with van der Waals surface area (Å²) in [5.41, 5.74) is 1.92. The first-order chi connectivity index (χ1) is 13.0. The number of sulfonamides is 1. The molecule has 5 nitrogen and oxygen atoms in total. The van der Waals surface area contributed by atoms with Crippen LogP contribution in [0.3, 0.4) is 0 Å². The molecule has 1 heterocycles. The van der Waals surface area contributed by atoms with Gasteiger partial charge in [0.25, 0.3) is 0 Å². The summed E-state index contributed by atoms with van der Waals surface area (Å²) >= 11 is 0. The van der Waals surface area contributed by atoms with Gasteiger partial charge in [-0.2, -0.15) is 4.72 Å². The average molecular weight is 387 g/mol. The van der Waals surface area contributed by atoms with Crippen LogP contribution in [0, 0.1) is 6.92 Å². The van der Waals surface area contributed by atoms with Crippen LogP contribution in [0.25, 0.3) is 0 Å². The Balaban J connectivity index is 1.84. The highest BCUT2D eigenvalue weighted by molar-refractivity contribution is 7.89. The fourth-order valence-corrected chi connectivity index (χ4v) is 4.53. The fourth-order valence-electron chi connectivity index (χ4n) is 3.34. The minimum Gasteiger partial charge on any atom is -0.341 e. The lowest BCUT2D eigenvalue weighted by atomic mass is 10.0. The molecule has 0 radical (unpaired) electrons. The van der Waals surface area contributed by atoms with Crippen LogP contribution in [0.5, 0.6) is 0 Å². The summed E-state index contributed by atoms with van der Waals surface area (Å²) < 4.78 is 28.4. The zero-order chi connectivity index (χ0) is 19.3. The third-order valence-electron chi connectivity index (χ3n) is 4.88. The predicted molar refractivity (Wildman–Crippen MR) is 106 cm³/mol. The lowest BCUT2D eigenvalue weighted by Crippen LogP contribution is -2.50. The molecule has 1 saturated heterocycles. The van der Waals surface area contributed by atoms with E-state index >= 15 is 0 Å². The molecule has 1 N–H and O–H groups in total. The molecule has 1 aliphatic heterocycles. The minimum absolute atomic E-state index is 0.144. The number of carbonyl (C=O) groups is 1. The first-order valence-corrected chi connectivity index (χ1v) is 10.9. The normalized spacial score (nSPS) is 16.1. The lowest BCUT2D eigenvalue weighted by molar-refractivity contribution is -0.133. The number of likely N-dealkylation sites (tertiary alicyclic amines) is 1. The van der Waals surface area contributed by atoms with E-state index in [-0.39, 0.29) is 10.8 Å². The van der Waals surface area contributed by atoms with Gasteiger partial charge in [0.1, 0.15) is 6.04 Å². The van der Waals surface area contributed by atoms with Crippen molar-refractivity contribution in [1.29, 1.82) is 0 Å².